The molecule has 0 fully saturated rings. The molecule has 0 N–H and O–H groups in total. The zero-order valence-electron chi connectivity index (χ0n) is 23.0. The fourth-order valence-electron chi connectivity index (χ4n) is 4.36. The van der Waals surface area contributed by atoms with Gasteiger partial charge >= 0.3 is 5.97 Å². The number of halogens is 1. The van der Waals surface area contributed by atoms with E-state index in [4.69, 9.17) is 23.7 Å². The third-order valence-electron chi connectivity index (χ3n) is 5.93. The van der Waals surface area contributed by atoms with E-state index in [-0.39, 0.29) is 11.1 Å². The minimum atomic E-state index is -0.764. The van der Waals surface area contributed by atoms with Gasteiger partial charge in [-0.2, -0.15) is 0 Å². The summed E-state index contributed by atoms with van der Waals surface area (Å²) in [5, 5.41) is 0. The van der Waals surface area contributed by atoms with E-state index >= 15 is 0 Å². The van der Waals surface area contributed by atoms with Crippen LogP contribution in [0.5, 0.6) is 23.0 Å². The molecule has 9 nitrogen and oxygen atoms in total. The first-order valence-electron chi connectivity index (χ1n) is 12.9. The van der Waals surface area contributed by atoms with Gasteiger partial charge in [-0.25, -0.2) is 9.79 Å². The number of rotatable bonds is 11. The van der Waals surface area contributed by atoms with Crippen molar-refractivity contribution < 1.29 is 28.5 Å². The van der Waals surface area contributed by atoms with Crippen LogP contribution in [0.1, 0.15) is 44.9 Å². The monoisotopic (exact) mass is 678 g/mol. The number of hydrogen-bond donors (Lipinski definition) is 0. The van der Waals surface area contributed by atoms with Gasteiger partial charge in [-0.1, -0.05) is 17.4 Å². The van der Waals surface area contributed by atoms with Gasteiger partial charge < -0.3 is 23.7 Å². The minimum absolute atomic E-state index is 0.238. The molecule has 1 aliphatic heterocycles. The van der Waals surface area contributed by atoms with Crippen molar-refractivity contribution >= 4 is 46.0 Å². The summed E-state index contributed by atoms with van der Waals surface area (Å²) in [6.45, 7) is 9.48. The van der Waals surface area contributed by atoms with Crippen LogP contribution in [0, 0.1) is 3.57 Å². The first-order chi connectivity index (χ1) is 19.4. The van der Waals surface area contributed by atoms with Gasteiger partial charge in [-0.05, 0) is 91.8 Å². The molecule has 3 aromatic rings. The second kappa shape index (κ2) is 13.4. The number of carbonyl (C=O) groups is 1. The summed E-state index contributed by atoms with van der Waals surface area (Å²) >= 11 is 3.44. The number of esters is 1. The highest BCUT2D eigenvalue weighted by molar-refractivity contribution is 14.1. The summed E-state index contributed by atoms with van der Waals surface area (Å²) in [5.74, 6) is 1.82. The van der Waals surface area contributed by atoms with Crippen molar-refractivity contribution in [2.45, 2.75) is 33.7 Å². The number of methoxy groups -OCH3 is 1. The first kappa shape index (κ1) is 29.7. The van der Waals surface area contributed by atoms with E-state index in [9.17, 15) is 9.59 Å². The number of aromatic nitrogens is 1. The minimum Gasteiger partial charge on any atom is -0.490 e. The Hall–Kier alpha value is -3.32. The SMILES string of the molecule is CCOc1ccc([C@@H]2C(C(=O)OC)=CN=c3s/c(=C/c4cc(I)c(OCC)c(OCC)c4)c(=O)n32)cc1OCC. The van der Waals surface area contributed by atoms with Crippen molar-refractivity contribution in [2.75, 3.05) is 33.5 Å². The highest BCUT2D eigenvalue weighted by Crippen LogP contribution is 2.36. The van der Waals surface area contributed by atoms with E-state index in [2.05, 4.69) is 27.6 Å². The van der Waals surface area contributed by atoms with E-state index < -0.39 is 12.0 Å². The maximum atomic E-state index is 13.9. The van der Waals surface area contributed by atoms with E-state index in [1.54, 1.807) is 18.2 Å². The average molecular weight is 679 g/mol. The molecule has 11 heteroatoms. The van der Waals surface area contributed by atoms with Gasteiger partial charge in [-0.15, -0.1) is 0 Å². The van der Waals surface area contributed by atoms with Crippen LogP contribution in [0.15, 0.2) is 51.9 Å². The number of hydrogen-bond acceptors (Lipinski definition) is 9. The fraction of sp³-hybridized carbons (Fsp3) is 0.345. The molecule has 0 spiro atoms. The second-order valence-electron chi connectivity index (χ2n) is 8.44. The molecule has 0 saturated heterocycles. The molecule has 1 aromatic heterocycles. The number of carbonyl (C=O) groups excluding carboxylic acids is 1. The summed E-state index contributed by atoms with van der Waals surface area (Å²) in [5.41, 5.74) is 1.41. The maximum Gasteiger partial charge on any atom is 0.337 e. The lowest BCUT2D eigenvalue weighted by molar-refractivity contribution is -0.136. The van der Waals surface area contributed by atoms with Crippen LogP contribution in [0.25, 0.3) is 6.08 Å². The van der Waals surface area contributed by atoms with Crippen molar-refractivity contribution in [3.05, 3.63) is 76.5 Å². The Balaban J connectivity index is 1.89. The van der Waals surface area contributed by atoms with Crippen molar-refractivity contribution in [3.8, 4) is 23.0 Å². The van der Waals surface area contributed by atoms with Crippen molar-refractivity contribution in [1.29, 1.82) is 0 Å². The van der Waals surface area contributed by atoms with E-state index in [1.165, 1.54) is 29.2 Å². The Bertz CT molecular complexity index is 1610. The fourth-order valence-corrected chi connectivity index (χ4v) is 6.11. The summed E-state index contributed by atoms with van der Waals surface area (Å²) in [6.07, 6.45) is 3.27. The largest absolute Gasteiger partial charge is 0.490 e. The molecule has 0 amide bonds. The summed E-state index contributed by atoms with van der Waals surface area (Å²) in [7, 11) is 1.30. The van der Waals surface area contributed by atoms with Crippen LogP contribution in [0.4, 0.5) is 0 Å². The van der Waals surface area contributed by atoms with Crippen molar-refractivity contribution in [2.24, 2.45) is 4.99 Å². The molecule has 2 aromatic carbocycles. The van der Waals surface area contributed by atoms with Gasteiger partial charge in [-0.3, -0.25) is 9.36 Å². The van der Waals surface area contributed by atoms with E-state index in [0.717, 1.165) is 9.13 Å². The van der Waals surface area contributed by atoms with Gasteiger partial charge in [0.15, 0.2) is 27.8 Å². The van der Waals surface area contributed by atoms with Crippen LogP contribution in [0.2, 0.25) is 0 Å². The number of fused-ring (bicyclic) bond motifs is 1. The number of nitrogens with zero attached hydrogens (tertiary/aromatic N) is 2. The summed E-state index contributed by atoms with van der Waals surface area (Å²) < 4.78 is 31.0. The Morgan fingerprint density at radius 3 is 2.33 bits per heavy atom. The van der Waals surface area contributed by atoms with Gasteiger partial charge in [0.2, 0.25) is 0 Å². The quantitative estimate of drug-likeness (QED) is 0.222. The number of benzene rings is 2. The standard InChI is InChI=1S/C29H31IN2O7S/c1-6-36-21-11-10-18(15-22(21)37-7-2)25-19(28(34)35-5)16-31-29-32(25)27(33)24(40-29)14-17-12-20(30)26(39-9-4)23(13-17)38-8-3/h10-16,25H,6-9H2,1-5H3/b24-14+/t25-/m1/s1. The van der Waals surface area contributed by atoms with Crippen LogP contribution >= 0.6 is 33.9 Å². The normalized spacial score (nSPS) is 14.6. The zero-order chi connectivity index (χ0) is 28.8. The predicted octanol–water partition coefficient (Wildman–Crippen LogP) is 4.22. The van der Waals surface area contributed by atoms with Gasteiger partial charge in [0.05, 0.1) is 53.3 Å². The molecule has 1 aliphatic rings. The van der Waals surface area contributed by atoms with Crippen LogP contribution < -0.4 is 33.8 Å². The van der Waals surface area contributed by atoms with Crippen molar-refractivity contribution in [3.63, 3.8) is 0 Å². The smallest absolute Gasteiger partial charge is 0.337 e. The van der Waals surface area contributed by atoms with E-state index in [0.29, 0.717) is 64.3 Å². The lowest BCUT2D eigenvalue weighted by Gasteiger charge is -2.23. The Morgan fingerprint density at radius 2 is 1.65 bits per heavy atom. The van der Waals surface area contributed by atoms with Gasteiger partial charge in [0.25, 0.3) is 5.56 Å². The highest BCUT2D eigenvalue weighted by atomic mass is 127. The molecular weight excluding hydrogens is 647 g/mol. The second-order valence-corrected chi connectivity index (χ2v) is 10.6. The van der Waals surface area contributed by atoms with E-state index in [1.807, 2.05) is 45.9 Å². The Labute approximate surface area is 249 Å². The highest BCUT2D eigenvalue weighted by Gasteiger charge is 2.31. The topological polar surface area (TPSA) is 97.6 Å². The van der Waals surface area contributed by atoms with Crippen molar-refractivity contribution in [1.82, 2.24) is 4.57 Å². The first-order valence-corrected chi connectivity index (χ1v) is 14.8. The molecule has 212 valence electrons. The Kier molecular flexibility index (Phi) is 9.90. The summed E-state index contributed by atoms with van der Waals surface area (Å²) in [4.78, 5) is 31.6. The molecule has 0 aliphatic carbocycles. The molecule has 0 unspecified atom stereocenters. The molecular formula is C29H31IN2O7S. The molecule has 0 bridgehead atoms. The number of thiazole rings is 1. The third-order valence-corrected chi connectivity index (χ3v) is 7.72. The van der Waals surface area contributed by atoms with Crippen LogP contribution in [-0.2, 0) is 9.53 Å². The third kappa shape index (κ3) is 6.04. The Morgan fingerprint density at radius 1 is 0.975 bits per heavy atom. The molecule has 2 heterocycles. The summed E-state index contributed by atoms with van der Waals surface area (Å²) in [6, 6.07) is 8.42. The lowest BCUT2D eigenvalue weighted by Crippen LogP contribution is -2.39. The molecule has 4 rings (SSSR count). The van der Waals surface area contributed by atoms with Gasteiger partial charge in [0.1, 0.15) is 0 Å². The van der Waals surface area contributed by atoms with Gasteiger partial charge in [0, 0.05) is 6.20 Å². The molecule has 1 atom stereocenters. The maximum absolute atomic E-state index is 13.9. The predicted molar refractivity (Wildman–Crippen MR) is 161 cm³/mol. The van der Waals surface area contributed by atoms with Crippen LogP contribution in [-0.4, -0.2) is 44.1 Å². The average Bonchev–Trinajstić information content (AvgIpc) is 3.25. The zero-order valence-corrected chi connectivity index (χ0v) is 26.0. The molecule has 0 saturated carbocycles. The number of ether oxygens (including phenoxy) is 5. The van der Waals surface area contributed by atoms with Crippen LogP contribution in [0.3, 0.4) is 0 Å². The molecule has 0 radical (unpaired) electrons. The lowest BCUT2D eigenvalue weighted by atomic mass is 9.97. The molecule has 40 heavy (non-hydrogen) atoms.